The highest BCUT2D eigenvalue weighted by atomic mass is 16.6. The van der Waals surface area contributed by atoms with Gasteiger partial charge >= 0.3 is 0 Å². The summed E-state index contributed by atoms with van der Waals surface area (Å²) in [6.07, 6.45) is 2.62. The number of nitro groups is 1. The molecule has 0 radical (unpaired) electrons. The fourth-order valence-corrected chi connectivity index (χ4v) is 3.31. The van der Waals surface area contributed by atoms with Crippen LogP contribution in [-0.4, -0.2) is 35.4 Å². The minimum Gasteiger partial charge on any atom is -0.497 e. The van der Waals surface area contributed by atoms with E-state index in [9.17, 15) is 14.9 Å². The molecule has 0 N–H and O–H groups in total. The number of carbonyl (C=O) groups is 1. The Balaban J connectivity index is 1.77. The Morgan fingerprint density at radius 2 is 2.08 bits per heavy atom. The highest BCUT2D eigenvalue weighted by molar-refractivity contribution is 5.95. The molecular formula is C19H20N2O4. The van der Waals surface area contributed by atoms with Crippen LogP contribution in [0.25, 0.3) is 0 Å². The average Bonchev–Trinajstić information content (AvgIpc) is 3.09. The van der Waals surface area contributed by atoms with Crippen LogP contribution in [0, 0.1) is 10.1 Å². The van der Waals surface area contributed by atoms with E-state index in [1.54, 1.807) is 19.2 Å². The summed E-state index contributed by atoms with van der Waals surface area (Å²) in [7, 11) is 1.63. The topological polar surface area (TPSA) is 72.7 Å². The minimum absolute atomic E-state index is 0.0607. The summed E-state index contributed by atoms with van der Waals surface area (Å²) in [6.45, 7) is 0.677. The maximum absolute atomic E-state index is 12.8. The quantitative estimate of drug-likeness (QED) is 0.617. The smallest absolute Gasteiger partial charge is 0.270 e. The highest BCUT2D eigenvalue weighted by Gasteiger charge is 2.30. The first kappa shape index (κ1) is 17.0. The number of hydrogen-bond acceptors (Lipinski definition) is 4. The van der Waals surface area contributed by atoms with Crippen LogP contribution in [0.15, 0.2) is 48.5 Å². The van der Waals surface area contributed by atoms with Gasteiger partial charge in [-0.3, -0.25) is 14.9 Å². The van der Waals surface area contributed by atoms with Crippen molar-refractivity contribution in [1.82, 2.24) is 4.90 Å². The molecule has 1 heterocycles. The second-order valence-electron chi connectivity index (χ2n) is 6.16. The van der Waals surface area contributed by atoms with Crippen LogP contribution in [0.3, 0.4) is 0 Å². The summed E-state index contributed by atoms with van der Waals surface area (Å²) in [5.41, 5.74) is 1.42. The third-order valence-corrected chi connectivity index (χ3v) is 4.55. The van der Waals surface area contributed by atoms with Gasteiger partial charge in [-0.2, -0.15) is 0 Å². The van der Waals surface area contributed by atoms with Crippen LogP contribution in [0.4, 0.5) is 5.69 Å². The Morgan fingerprint density at radius 1 is 1.28 bits per heavy atom. The number of amides is 1. The number of benzene rings is 2. The Morgan fingerprint density at radius 3 is 2.84 bits per heavy atom. The van der Waals surface area contributed by atoms with Gasteiger partial charge in [-0.05, 0) is 43.0 Å². The predicted octanol–water partition coefficient (Wildman–Crippen LogP) is 3.45. The Kier molecular flexibility index (Phi) is 4.97. The summed E-state index contributed by atoms with van der Waals surface area (Å²) in [6, 6.07) is 13.9. The summed E-state index contributed by atoms with van der Waals surface area (Å²) >= 11 is 0. The van der Waals surface area contributed by atoms with Crippen molar-refractivity contribution in [2.24, 2.45) is 0 Å². The van der Waals surface area contributed by atoms with Crippen LogP contribution in [0.5, 0.6) is 5.75 Å². The number of rotatable bonds is 5. The molecule has 1 saturated heterocycles. The first-order valence-corrected chi connectivity index (χ1v) is 8.27. The van der Waals surface area contributed by atoms with Gasteiger partial charge in [0.05, 0.1) is 12.0 Å². The van der Waals surface area contributed by atoms with Gasteiger partial charge in [-0.15, -0.1) is 0 Å². The van der Waals surface area contributed by atoms with Gasteiger partial charge < -0.3 is 9.64 Å². The molecule has 1 aliphatic rings. The number of nitro benzene ring substituents is 1. The summed E-state index contributed by atoms with van der Waals surface area (Å²) < 4.78 is 5.25. The lowest BCUT2D eigenvalue weighted by atomic mass is 10.0. The standard InChI is InChI=1S/C19H20N2O4/c1-25-18-9-2-5-14(12-18)11-16-8-4-10-20(16)19(22)15-6-3-7-17(13-15)21(23)24/h2-3,5-7,9,12-13,16H,4,8,10-11H2,1H3/t16-/m1/s1. The largest absolute Gasteiger partial charge is 0.497 e. The number of non-ortho nitro benzene ring substituents is 1. The summed E-state index contributed by atoms with van der Waals surface area (Å²) in [5, 5.41) is 10.9. The molecule has 0 unspecified atom stereocenters. The van der Waals surface area contributed by atoms with Gasteiger partial charge in [0.2, 0.25) is 0 Å². The van der Waals surface area contributed by atoms with E-state index < -0.39 is 4.92 Å². The van der Waals surface area contributed by atoms with E-state index in [4.69, 9.17) is 4.74 Å². The fourth-order valence-electron chi connectivity index (χ4n) is 3.31. The van der Waals surface area contributed by atoms with Gasteiger partial charge in [0.25, 0.3) is 11.6 Å². The third kappa shape index (κ3) is 3.79. The third-order valence-electron chi connectivity index (χ3n) is 4.55. The predicted molar refractivity (Wildman–Crippen MR) is 93.9 cm³/mol. The lowest BCUT2D eigenvalue weighted by Crippen LogP contribution is -2.36. The number of hydrogen-bond donors (Lipinski definition) is 0. The van der Waals surface area contributed by atoms with Crippen molar-refractivity contribution in [3.63, 3.8) is 0 Å². The van der Waals surface area contributed by atoms with E-state index in [1.165, 1.54) is 12.1 Å². The molecule has 25 heavy (non-hydrogen) atoms. The Bertz CT molecular complexity index is 790. The maximum Gasteiger partial charge on any atom is 0.270 e. The van der Waals surface area contributed by atoms with Gasteiger partial charge in [0, 0.05) is 30.3 Å². The van der Waals surface area contributed by atoms with E-state index in [-0.39, 0.29) is 17.6 Å². The van der Waals surface area contributed by atoms with Crippen LogP contribution < -0.4 is 4.74 Å². The van der Waals surface area contributed by atoms with E-state index >= 15 is 0 Å². The number of nitrogens with zero attached hydrogens (tertiary/aromatic N) is 2. The number of ether oxygens (including phenoxy) is 1. The normalized spacial score (nSPS) is 16.7. The molecule has 6 heteroatoms. The fraction of sp³-hybridized carbons (Fsp3) is 0.316. The van der Waals surface area contributed by atoms with Crippen molar-refractivity contribution in [2.75, 3.05) is 13.7 Å². The molecule has 1 amide bonds. The number of likely N-dealkylation sites (tertiary alicyclic amines) is 1. The Hall–Kier alpha value is -2.89. The summed E-state index contributed by atoms with van der Waals surface area (Å²) in [5.74, 6) is 0.654. The average molecular weight is 340 g/mol. The van der Waals surface area contributed by atoms with Gasteiger partial charge in [0.1, 0.15) is 5.75 Å². The van der Waals surface area contributed by atoms with Crippen molar-refractivity contribution in [3.8, 4) is 5.75 Å². The van der Waals surface area contributed by atoms with Crippen molar-refractivity contribution in [3.05, 3.63) is 69.8 Å². The molecule has 0 aromatic heterocycles. The van der Waals surface area contributed by atoms with Crippen LogP contribution in [-0.2, 0) is 6.42 Å². The lowest BCUT2D eigenvalue weighted by Gasteiger charge is -2.25. The Labute approximate surface area is 146 Å². The number of methoxy groups -OCH3 is 1. The van der Waals surface area contributed by atoms with Crippen molar-refractivity contribution < 1.29 is 14.5 Å². The first-order valence-electron chi connectivity index (χ1n) is 8.27. The molecule has 1 atom stereocenters. The highest BCUT2D eigenvalue weighted by Crippen LogP contribution is 2.25. The zero-order chi connectivity index (χ0) is 17.8. The van der Waals surface area contributed by atoms with E-state index in [1.807, 2.05) is 29.2 Å². The van der Waals surface area contributed by atoms with E-state index in [0.717, 1.165) is 30.6 Å². The molecule has 1 fully saturated rings. The van der Waals surface area contributed by atoms with Crippen molar-refractivity contribution in [1.29, 1.82) is 0 Å². The molecule has 6 nitrogen and oxygen atoms in total. The van der Waals surface area contributed by atoms with Crippen molar-refractivity contribution in [2.45, 2.75) is 25.3 Å². The SMILES string of the molecule is COc1cccc(C[C@H]2CCCN2C(=O)c2cccc([N+](=O)[O-])c2)c1. The maximum atomic E-state index is 12.8. The second-order valence-corrected chi connectivity index (χ2v) is 6.16. The zero-order valence-electron chi connectivity index (χ0n) is 14.1. The van der Waals surface area contributed by atoms with Gasteiger partial charge in [-0.1, -0.05) is 18.2 Å². The first-order chi connectivity index (χ1) is 12.1. The van der Waals surface area contributed by atoms with Crippen LogP contribution in [0.2, 0.25) is 0 Å². The molecule has 3 rings (SSSR count). The minimum atomic E-state index is -0.478. The van der Waals surface area contributed by atoms with Gasteiger partial charge in [0.15, 0.2) is 0 Å². The summed E-state index contributed by atoms with van der Waals surface area (Å²) in [4.78, 5) is 25.1. The van der Waals surface area contributed by atoms with Crippen LogP contribution >= 0.6 is 0 Å². The molecule has 2 aromatic rings. The molecule has 1 aliphatic heterocycles. The van der Waals surface area contributed by atoms with Crippen LogP contribution in [0.1, 0.15) is 28.8 Å². The molecule has 0 spiro atoms. The molecule has 0 aliphatic carbocycles. The zero-order valence-corrected chi connectivity index (χ0v) is 14.1. The van der Waals surface area contributed by atoms with Gasteiger partial charge in [-0.25, -0.2) is 0 Å². The van der Waals surface area contributed by atoms with E-state index in [2.05, 4.69) is 0 Å². The molecule has 130 valence electrons. The molecular weight excluding hydrogens is 320 g/mol. The molecule has 0 saturated carbocycles. The molecule has 2 aromatic carbocycles. The lowest BCUT2D eigenvalue weighted by molar-refractivity contribution is -0.384. The number of carbonyl (C=O) groups excluding carboxylic acids is 1. The second kappa shape index (κ2) is 7.34. The van der Waals surface area contributed by atoms with Crippen molar-refractivity contribution >= 4 is 11.6 Å². The van der Waals surface area contributed by atoms with E-state index in [0.29, 0.717) is 12.1 Å². The molecule has 0 bridgehead atoms. The monoisotopic (exact) mass is 340 g/mol.